The largest absolute Gasteiger partial charge is 0.507 e. The summed E-state index contributed by atoms with van der Waals surface area (Å²) in [5.74, 6) is 1.22. The van der Waals surface area contributed by atoms with Gasteiger partial charge in [0.15, 0.2) is 5.65 Å². The lowest BCUT2D eigenvalue weighted by atomic mass is 9.34. The van der Waals surface area contributed by atoms with E-state index < -0.39 is 20.6 Å². The summed E-state index contributed by atoms with van der Waals surface area (Å²) in [7, 11) is 20.1. The second-order valence-electron chi connectivity index (χ2n) is 8.97. The molecule has 0 spiro atoms. The van der Waals surface area contributed by atoms with Crippen molar-refractivity contribution in [1.29, 1.82) is 0 Å². The van der Waals surface area contributed by atoms with Crippen molar-refractivity contribution in [2.24, 2.45) is 0 Å². The quantitative estimate of drug-likeness (QED) is 0.550. The number of hydrogen-bond donors (Lipinski definition) is 0. The summed E-state index contributed by atoms with van der Waals surface area (Å²) in [6, 6.07) is 6.38. The zero-order valence-corrected chi connectivity index (χ0v) is 19.3. The monoisotopic (exact) mass is 452 g/mol. The van der Waals surface area contributed by atoms with Gasteiger partial charge in [0.2, 0.25) is 10.0 Å². The second kappa shape index (κ2) is 7.40. The van der Waals surface area contributed by atoms with Crippen molar-refractivity contribution >= 4 is 47.1 Å². The normalized spacial score (nSPS) is 20.5. The predicted molar refractivity (Wildman–Crippen MR) is 128 cm³/mol. The fourth-order valence-corrected chi connectivity index (χ4v) is 6.19. The van der Waals surface area contributed by atoms with Crippen molar-refractivity contribution in [2.45, 2.75) is 48.1 Å². The SMILES string of the molecule is [B]C1([B])Oc2ccc(S(=O)(=O)N3CCC(c4cn5nc(C)nc5cc4C)CC3)cc2C1([B])[B]. The van der Waals surface area contributed by atoms with Crippen LogP contribution >= 0.6 is 0 Å². The summed E-state index contributed by atoms with van der Waals surface area (Å²) in [5, 5.41) is 0.844. The first-order valence-electron chi connectivity index (χ1n) is 10.7. The zero-order chi connectivity index (χ0) is 23.8. The van der Waals surface area contributed by atoms with E-state index in [-0.39, 0.29) is 22.1 Å². The van der Waals surface area contributed by atoms with Gasteiger partial charge in [0.05, 0.1) is 20.6 Å². The molecular weight excluding hydrogens is 432 g/mol. The van der Waals surface area contributed by atoms with Gasteiger partial charge in [-0.25, -0.2) is 17.9 Å². The molecule has 2 aliphatic rings. The maximum atomic E-state index is 13.4. The van der Waals surface area contributed by atoms with Crippen LogP contribution < -0.4 is 4.74 Å². The molecule has 1 aromatic carbocycles. The lowest BCUT2D eigenvalue weighted by molar-refractivity contribution is 0.258. The van der Waals surface area contributed by atoms with Crippen LogP contribution in [0.15, 0.2) is 35.4 Å². The van der Waals surface area contributed by atoms with Gasteiger partial charge >= 0.3 is 0 Å². The standard InChI is InChI=1S/C21H20B4N4O3S/c1-12-9-19-26-13(2)27-29(19)11-16(12)14-5-7-28(8-6-14)33(30,31)15-3-4-18-17(10-15)20(22,23)21(24,25)32-18/h3-4,9-11,14H,5-8H2,1-2H3. The van der Waals surface area contributed by atoms with Crippen LogP contribution in [0.25, 0.3) is 5.65 Å². The second-order valence-corrected chi connectivity index (χ2v) is 10.9. The first kappa shape index (κ1) is 22.6. The minimum absolute atomic E-state index is 0.0805. The molecule has 0 atom stereocenters. The third-order valence-corrected chi connectivity index (χ3v) is 8.57. The van der Waals surface area contributed by atoms with Gasteiger partial charge in [0.1, 0.15) is 27.3 Å². The van der Waals surface area contributed by atoms with Crippen molar-refractivity contribution < 1.29 is 13.2 Å². The molecule has 3 aromatic rings. The van der Waals surface area contributed by atoms with Gasteiger partial charge in [-0.3, -0.25) is 0 Å². The average molecular weight is 452 g/mol. The van der Waals surface area contributed by atoms with Gasteiger partial charge in [-0.2, -0.15) is 9.40 Å². The molecule has 160 valence electrons. The van der Waals surface area contributed by atoms with Gasteiger partial charge in [-0.15, -0.1) is 0 Å². The zero-order valence-electron chi connectivity index (χ0n) is 18.5. The molecule has 5 rings (SSSR count). The van der Waals surface area contributed by atoms with E-state index in [0.717, 1.165) is 16.8 Å². The van der Waals surface area contributed by atoms with Crippen molar-refractivity contribution in [1.82, 2.24) is 18.9 Å². The van der Waals surface area contributed by atoms with Crippen molar-refractivity contribution in [3.63, 3.8) is 0 Å². The highest BCUT2D eigenvalue weighted by atomic mass is 32.2. The summed E-state index contributed by atoms with van der Waals surface area (Å²) in [5.41, 5.74) is 3.36. The third-order valence-electron chi connectivity index (χ3n) is 6.68. The molecule has 8 radical (unpaired) electrons. The van der Waals surface area contributed by atoms with Crippen LogP contribution in [0.4, 0.5) is 0 Å². The number of sulfonamides is 1. The Labute approximate surface area is 199 Å². The van der Waals surface area contributed by atoms with Crippen LogP contribution in [-0.4, -0.2) is 77.2 Å². The highest BCUT2D eigenvalue weighted by molar-refractivity contribution is 7.89. The number of rotatable bonds is 3. The van der Waals surface area contributed by atoms with Crippen LogP contribution in [0, 0.1) is 13.8 Å². The number of benzene rings is 1. The van der Waals surface area contributed by atoms with E-state index in [9.17, 15) is 8.42 Å². The Morgan fingerprint density at radius 2 is 1.79 bits per heavy atom. The average Bonchev–Trinajstić information content (AvgIpc) is 3.19. The van der Waals surface area contributed by atoms with Gasteiger partial charge in [-0.1, -0.05) is 5.21 Å². The fourth-order valence-electron chi connectivity index (χ4n) is 4.69. The van der Waals surface area contributed by atoms with E-state index in [4.69, 9.17) is 36.1 Å². The number of fused-ring (bicyclic) bond motifs is 2. The summed E-state index contributed by atoms with van der Waals surface area (Å²) in [6.45, 7) is 4.69. The molecule has 0 N–H and O–H groups in total. The first-order chi connectivity index (χ1) is 15.4. The summed E-state index contributed by atoms with van der Waals surface area (Å²) in [6.07, 6.45) is 3.40. The molecule has 0 saturated carbocycles. The minimum atomic E-state index is -3.76. The minimum Gasteiger partial charge on any atom is -0.507 e. The first-order valence-corrected chi connectivity index (χ1v) is 12.2. The molecule has 0 unspecified atom stereocenters. The Hall–Kier alpha value is -2.19. The van der Waals surface area contributed by atoms with Crippen LogP contribution in [0.3, 0.4) is 0 Å². The Morgan fingerprint density at radius 3 is 2.48 bits per heavy atom. The number of piperidine rings is 1. The van der Waals surface area contributed by atoms with Crippen molar-refractivity contribution in [3.8, 4) is 5.75 Å². The van der Waals surface area contributed by atoms with Crippen LogP contribution in [0.1, 0.15) is 41.3 Å². The lowest BCUT2D eigenvalue weighted by Crippen LogP contribution is -2.53. The van der Waals surface area contributed by atoms with Gasteiger partial charge in [-0.05, 0) is 73.6 Å². The molecule has 0 bridgehead atoms. The fraction of sp³-hybridized carbons (Fsp3) is 0.429. The van der Waals surface area contributed by atoms with E-state index in [1.807, 2.05) is 19.2 Å². The molecule has 2 aliphatic heterocycles. The number of hydrogen-bond acceptors (Lipinski definition) is 5. The molecule has 12 heteroatoms. The molecule has 2 aromatic heterocycles. The molecule has 1 saturated heterocycles. The molecule has 33 heavy (non-hydrogen) atoms. The highest BCUT2D eigenvalue weighted by Gasteiger charge is 2.46. The molecule has 4 heterocycles. The Kier molecular flexibility index (Phi) is 5.07. The number of nitrogens with zero attached hydrogens (tertiary/aromatic N) is 4. The molecule has 0 aliphatic carbocycles. The number of pyridine rings is 1. The maximum absolute atomic E-state index is 13.4. The highest BCUT2D eigenvalue weighted by Crippen LogP contribution is 2.44. The van der Waals surface area contributed by atoms with Crippen molar-refractivity contribution in [2.75, 3.05) is 13.1 Å². The van der Waals surface area contributed by atoms with Crippen molar-refractivity contribution in [3.05, 3.63) is 53.0 Å². The predicted octanol–water partition coefficient (Wildman–Crippen LogP) is 0.787. The molecule has 7 nitrogen and oxygen atoms in total. The molecular formula is C21H20B4N4O3S. The van der Waals surface area contributed by atoms with E-state index in [1.165, 1.54) is 22.5 Å². The Morgan fingerprint density at radius 1 is 1.09 bits per heavy atom. The third kappa shape index (κ3) is 3.53. The number of ether oxygens (including phenoxy) is 1. The Balaban J connectivity index is 1.37. The topological polar surface area (TPSA) is 76.8 Å². The van der Waals surface area contributed by atoms with Crippen LogP contribution in [0.2, 0.25) is 0 Å². The summed E-state index contributed by atoms with van der Waals surface area (Å²) in [4.78, 5) is 4.48. The van der Waals surface area contributed by atoms with E-state index in [0.29, 0.717) is 31.8 Å². The summed E-state index contributed by atoms with van der Waals surface area (Å²) >= 11 is 0. The number of aromatic nitrogens is 3. The van der Waals surface area contributed by atoms with Gasteiger partial charge in [0.25, 0.3) is 0 Å². The Bertz CT molecular complexity index is 1370. The van der Waals surface area contributed by atoms with E-state index in [2.05, 4.69) is 17.0 Å². The lowest BCUT2D eigenvalue weighted by Gasteiger charge is -2.36. The summed E-state index contributed by atoms with van der Waals surface area (Å²) < 4.78 is 35.4. The smallest absolute Gasteiger partial charge is 0.243 e. The van der Waals surface area contributed by atoms with Gasteiger partial charge < -0.3 is 4.74 Å². The van der Waals surface area contributed by atoms with E-state index >= 15 is 0 Å². The molecule has 1 fully saturated rings. The van der Waals surface area contributed by atoms with Gasteiger partial charge in [0, 0.05) is 24.7 Å². The van der Waals surface area contributed by atoms with Crippen LogP contribution in [0.5, 0.6) is 5.75 Å². The maximum Gasteiger partial charge on any atom is 0.243 e. The van der Waals surface area contributed by atoms with Crippen LogP contribution in [-0.2, 0) is 15.2 Å². The molecule has 0 amide bonds. The van der Waals surface area contributed by atoms with E-state index in [1.54, 1.807) is 4.52 Å². The number of aryl methyl sites for hydroxylation is 2.